The fourth-order valence-corrected chi connectivity index (χ4v) is 1.15. The highest BCUT2D eigenvalue weighted by Crippen LogP contribution is 2.31. The van der Waals surface area contributed by atoms with Crippen LogP contribution in [-0.4, -0.2) is 21.1 Å². The summed E-state index contributed by atoms with van der Waals surface area (Å²) in [5.74, 6) is 0.137. The van der Waals surface area contributed by atoms with E-state index in [1.807, 2.05) is 0 Å². The smallest absolute Gasteiger partial charge is 0.252 e. The molecule has 7 heteroatoms. The number of alkyl halides is 3. The summed E-state index contributed by atoms with van der Waals surface area (Å²) in [6.07, 6.45) is -1.57. The molecule has 0 saturated carbocycles. The van der Waals surface area contributed by atoms with Crippen LogP contribution in [0.5, 0.6) is 5.75 Å². The second kappa shape index (κ2) is 5.78. The van der Waals surface area contributed by atoms with Crippen molar-refractivity contribution in [1.82, 2.24) is 0 Å². The van der Waals surface area contributed by atoms with Gasteiger partial charge in [-0.15, -0.1) is 0 Å². The summed E-state index contributed by atoms with van der Waals surface area (Å²) < 4.78 is 3.07. The molecule has 0 aliphatic rings. The number of amides is 1. The number of rotatable bonds is 3. The van der Waals surface area contributed by atoms with Crippen molar-refractivity contribution in [1.29, 1.82) is 0 Å². The molecule has 0 unspecified atom stereocenters. The first-order chi connectivity index (χ1) is 7.79. The maximum atomic E-state index is 10.8. The van der Waals surface area contributed by atoms with Gasteiger partial charge < -0.3 is 15.2 Å². The molecule has 1 aromatic rings. The van der Waals surface area contributed by atoms with Crippen LogP contribution >= 0.6 is 34.8 Å². The Hall–Kier alpha value is -0.680. The van der Waals surface area contributed by atoms with Gasteiger partial charge in [-0.1, -0.05) is 34.8 Å². The molecule has 0 fully saturated rings. The number of aliphatic hydroxyl groups excluding tert-OH is 1. The van der Waals surface area contributed by atoms with Gasteiger partial charge in [0.25, 0.3) is 3.79 Å². The maximum absolute atomic E-state index is 10.8. The normalized spacial score (nSPS) is 13.0. The number of ether oxygens (including phenoxy) is 1. The van der Waals surface area contributed by atoms with Crippen LogP contribution in [0.15, 0.2) is 24.3 Å². The van der Waals surface area contributed by atoms with Gasteiger partial charge in [0.1, 0.15) is 5.75 Å². The molecule has 1 rings (SSSR count). The number of hydrogen-bond donors (Lipinski definition) is 2. The number of carbonyl (C=O) groups excluding carboxylic acids is 1. The van der Waals surface area contributed by atoms with Crippen LogP contribution in [0.2, 0.25) is 0 Å². The summed E-state index contributed by atoms with van der Waals surface area (Å²) in [7, 11) is 0. The van der Waals surface area contributed by atoms with E-state index in [1.54, 1.807) is 12.1 Å². The highest BCUT2D eigenvalue weighted by atomic mass is 35.6. The molecular weight excluding hydrogens is 288 g/mol. The number of aliphatic hydroxyl groups is 1. The van der Waals surface area contributed by atoms with E-state index in [9.17, 15) is 9.90 Å². The van der Waals surface area contributed by atoms with Crippen molar-refractivity contribution in [2.45, 2.75) is 17.0 Å². The number of halogens is 3. The number of carbonyl (C=O) groups is 1. The molecule has 1 atom stereocenters. The monoisotopic (exact) mass is 297 g/mol. The van der Waals surface area contributed by atoms with E-state index in [-0.39, 0.29) is 5.91 Å². The summed E-state index contributed by atoms with van der Waals surface area (Å²) in [4.78, 5) is 10.8. The molecule has 2 N–H and O–H groups in total. The third-order valence-corrected chi connectivity index (χ3v) is 2.26. The first-order valence-electron chi connectivity index (χ1n) is 4.58. The lowest BCUT2D eigenvalue weighted by molar-refractivity contribution is -0.114. The highest BCUT2D eigenvalue weighted by molar-refractivity contribution is 6.67. The zero-order chi connectivity index (χ0) is 13.1. The maximum Gasteiger partial charge on any atom is 0.252 e. The van der Waals surface area contributed by atoms with Gasteiger partial charge in [0.05, 0.1) is 0 Å². The summed E-state index contributed by atoms with van der Waals surface area (Å²) in [6.45, 7) is 1.40. The van der Waals surface area contributed by atoms with Crippen molar-refractivity contribution in [2.24, 2.45) is 0 Å². The molecule has 0 aliphatic heterocycles. The van der Waals surface area contributed by atoms with Crippen LogP contribution in [0.4, 0.5) is 5.69 Å². The minimum Gasteiger partial charge on any atom is -0.460 e. The average molecular weight is 299 g/mol. The standard InChI is InChI=1S/C10H10Cl3NO3/c1-6(15)14-7-2-4-8(5-3-7)17-9(16)10(11,12)13/h2-5,9,16H,1H3,(H,14,15)/t9-/m0/s1. The summed E-state index contributed by atoms with van der Waals surface area (Å²) in [5, 5.41) is 11.9. The minimum absolute atomic E-state index is 0.181. The van der Waals surface area contributed by atoms with Crippen LogP contribution < -0.4 is 10.1 Å². The Morgan fingerprint density at radius 3 is 2.29 bits per heavy atom. The Balaban J connectivity index is 2.65. The van der Waals surface area contributed by atoms with Gasteiger partial charge in [-0.2, -0.15) is 0 Å². The second-order valence-electron chi connectivity index (χ2n) is 3.22. The Morgan fingerprint density at radius 2 is 1.88 bits per heavy atom. The predicted molar refractivity (Wildman–Crippen MR) is 67.7 cm³/mol. The lowest BCUT2D eigenvalue weighted by Crippen LogP contribution is -2.31. The zero-order valence-electron chi connectivity index (χ0n) is 8.78. The van der Waals surface area contributed by atoms with E-state index in [0.717, 1.165) is 0 Å². The summed E-state index contributed by atoms with van der Waals surface area (Å²) >= 11 is 16.3. The van der Waals surface area contributed by atoms with Crippen molar-refractivity contribution in [3.8, 4) is 5.75 Å². The van der Waals surface area contributed by atoms with Crippen molar-refractivity contribution < 1.29 is 14.6 Å². The topological polar surface area (TPSA) is 58.6 Å². The van der Waals surface area contributed by atoms with Gasteiger partial charge in [0.2, 0.25) is 12.2 Å². The van der Waals surface area contributed by atoms with Crippen LogP contribution in [0.1, 0.15) is 6.92 Å². The Kier molecular flexibility index (Phi) is 4.89. The summed E-state index contributed by atoms with van der Waals surface area (Å²) in [5.41, 5.74) is 0.605. The minimum atomic E-state index is -1.92. The number of hydrogen-bond acceptors (Lipinski definition) is 3. The van der Waals surface area contributed by atoms with Gasteiger partial charge in [-0.25, -0.2) is 0 Å². The van der Waals surface area contributed by atoms with Crippen LogP contribution in [-0.2, 0) is 4.79 Å². The fraction of sp³-hybridized carbons (Fsp3) is 0.300. The lowest BCUT2D eigenvalue weighted by atomic mass is 10.3. The molecule has 0 radical (unpaired) electrons. The fourth-order valence-electron chi connectivity index (χ4n) is 1.02. The predicted octanol–water partition coefficient (Wildman–Crippen LogP) is 2.71. The zero-order valence-corrected chi connectivity index (χ0v) is 11.1. The molecule has 17 heavy (non-hydrogen) atoms. The van der Waals surface area contributed by atoms with E-state index in [4.69, 9.17) is 39.5 Å². The third-order valence-electron chi connectivity index (χ3n) is 1.70. The number of benzene rings is 1. The van der Waals surface area contributed by atoms with Gasteiger partial charge in [-0.05, 0) is 24.3 Å². The van der Waals surface area contributed by atoms with E-state index >= 15 is 0 Å². The SMILES string of the molecule is CC(=O)Nc1ccc(O[C@H](O)C(Cl)(Cl)Cl)cc1. The molecule has 0 spiro atoms. The molecule has 0 bridgehead atoms. The molecule has 94 valence electrons. The molecule has 1 aromatic carbocycles. The largest absolute Gasteiger partial charge is 0.460 e. The average Bonchev–Trinajstić information content (AvgIpc) is 2.18. The first-order valence-corrected chi connectivity index (χ1v) is 5.71. The number of anilines is 1. The lowest BCUT2D eigenvalue weighted by Gasteiger charge is -2.20. The second-order valence-corrected chi connectivity index (χ2v) is 5.59. The Bertz CT molecular complexity index is 389. The van der Waals surface area contributed by atoms with E-state index < -0.39 is 10.1 Å². The highest BCUT2D eigenvalue weighted by Gasteiger charge is 2.32. The van der Waals surface area contributed by atoms with Crippen molar-refractivity contribution in [3.63, 3.8) is 0 Å². The van der Waals surface area contributed by atoms with Gasteiger partial charge >= 0.3 is 0 Å². The molecule has 0 aromatic heterocycles. The van der Waals surface area contributed by atoms with Gasteiger partial charge in [-0.3, -0.25) is 4.79 Å². The number of nitrogens with one attached hydrogen (secondary N) is 1. The molecule has 0 aliphatic carbocycles. The quantitative estimate of drug-likeness (QED) is 0.666. The van der Waals surface area contributed by atoms with E-state index in [1.165, 1.54) is 19.1 Å². The molecule has 4 nitrogen and oxygen atoms in total. The Labute approximate surface area is 113 Å². The first kappa shape index (κ1) is 14.4. The van der Waals surface area contributed by atoms with Crippen LogP contribution in [0.25, 0.3) is 0 Å². The molecule has 0 saturated heterocycles. The van der Waals surface area contributed by atoms with Gasteiger partial charge in [0, 0.05) is 12.6 Å². The van der Waals surface area contributed by atoms with Crippen molar-refractivity contribution >= 4 is 46.4 Å². The van der Waals surface area contributed by atoms with Crippen LogP contribution in [0, 0.1) is 0 Å². The van der Waals surface area contributed by atoms with Crippen LogP contribution in [0.3, 0.4) is 0 Å². The van der Waals surface area contributed by atoms with E-state index in [2.05, 4.69) is 5.32 Å². The molecule has 1 amide bonds. The third kappa shape index (κ3) is 5.00. The van der Waals surface area contributed by atoms with E-state index in [0.29, 0.717) is 11.4 Å². The van der Waals surface area contributed by atoms with Gasteiger partial charge in [0.15, 0.2) is 0 Å². The molecular formula is C10H10Cl3NO3. The Morgan fingerprint density at radius 1 is 1.35 bits per heavy atom. The molecule has 0 heterocycles. The van der Waals surface area contributed by atoms with Crippen molar-refractivity contribution in [2.75, 3.05) is 5.32 Å². The summed E-state index contributed by atoms with van der Waals surface area (Å²) in [6, 6.07) is 6.26. The van der Waals surface area contributed by atoms with Crippen molar-refractivity contribution in [3.05, 3.63) is 24.3 Å².